The third-order valence-corrected chi connectivity index (χ3v) is 8.90. The number of carboxylic acids is 1. The van der Waals surface area contributed by atoms with E-state index in [0.717, 1.165) is 16.2 Å². The van der Waals surface area contributed by atoms with E-state index in [1.54, 1.807) is 5.38 Å². The molecule has 4 heterocycles. The molecular weight excluding hydrogens is 525 g/mol. The number of oxime groups is 1. The van der Waals surface area contributed by atoms with Crippen molar-refractivity contribution in [2.45, 2.75) is 17.5 Å². The number of hydrogen-bond acceptors (Lipinski definition) is 14. The van der Waals surface area contributed by atoms with Crippen LogP contribution in [0.4, 0.5) is 10.3 Å². The molecule has 180 valence electrons. The fourth-order valence-corrected chi connectivity index (χ4v) is 7.05. The van der Waals surface area contributed by atoms with Gasteiger partial charge in [0, 0.05) is 27.2 Å². The van der Waals surface area contributed by atoms with Crippen LogP contribution >= 0.6 is 46.2 Å². The van der Waals surface area contributed by atoms with Gasteiger partial charge in [0.2, 0.25) is 0 Å². The molecule has 2 aromatic rings. The normalized spacial score (nSPS) is 21.1. The molecule has 0 bridgehead atoms. The van der Waals surface area contributed by atoms with Crippen LogP contribution in [-0.4, -0.2) is 71.6 Å². The van der Waals surface area contributed by atoms with Gasteiger partial charge in [-0.05, 0) is 0 Å². The van der Waals surface area contributed by atoms with Crippen LogP contribution in [0.15, 0.2) is 26.5 Å². The summed E-state index contributed by atoms with van der Waals surface area (Å²) in [5.41, 5.74) is 17.4. The minimum atomic E-state index is -1.26. The number of anilines is 2. The van der Waals surface area contributed by atoms with Crippen LogP contribution < -0.4 is 22.5 Å². The summed E-state index contributed by atoms with van der Waals surface area (Å²) in [4.78, 5) is 47.1. The van der Waals surface area contributed by atoms with Gasteiger partial charge in [0.25, 0.3) is 11.8 Å². The van der Waals surface area contributed by atoms with Gasteiger partial charge < -0.3 is 32.8 Å². The predicted molar refractivity (Wildman–Crippen MR) is 130 cm³/mol. The number of rotatable bonds is 8. The van der Waals surface area contributed by atoms with E-state index in [-0.39, 0.29) is 16.5 Å². The van der Waals surface area contributed by atoms with Crippen molar-refractivity contribution >= 4 is 80.0 Å². The second kappa shape index (κ2) is 9.79. The summed E-state index contributed by atoms with van der Waals surface area (Å²) in [5, 5.41) is 27.6. The minimum Gasteiger partial charge on any atom is -0.477 e. The third-order valence-electron chi connectivity index (χ3n) is 4.86. The minimum absolute atomic E-state index is 0.0606. The number of nitrogen functional groups attached to an aromatic ring is 2. The van der Waals surface area contributed by atoms with E-state index in [1.807, 2.05) is 0 Å². The molecule has 0 saturated carbocycles. The van der Waals surface area contributed by atoms with Crippen molar-refractivity contribution in [2.75, 3.05) is 23.0 Å². The molecule has 2 aliphatic heterocycles. The summed E-state index contributed by atoms with van der Waals surface area (Å²) in [6.07, 6.45) is 0. The monoisotopic (exact) mass is 542 g/mol. The van der Waals surface area contributed by atoms with Crippen LogP contribution in [0.25, 0.3) is 0 Å². The maximum atomic E-state index is 12.8. The summed E-state index contributed by atoms with van der Waals surface area (Å²) < 4.78 is 0. The second-order valence-electron chi connectivity index (χ2n) is 6.99. The molecule has 0 aliphatic carbocycles. The molecule has 13 nitrogen and oxygen atoms in total. The van der Waals surface area contributed by atoms with Crippen LogP contribution in [0.3, 0.4) is 0 Å². The maximum Gasteiger partial charge on any atom is 0.353 e. The Kier molecular flexibility index (Phi) is 6.99. The zero-order valence-electron chi connectivity index (χ0n) is 17.1. The lowest BCUT2D eigenvalue weighted by atomic mass is 10.0. The molecule has 2 aliphatic rings. The predicted octanol–water partition coefficient (Wildman–Crippen LogP) is 0.0716. The topological polar surface area (TPSA) is 223 Å². The Hall–Kier alpha value is -2.86. The Morgan fingerprint density at radius 3 is 2.59 bits per heavy atom. The van der Waals surface area contributed by atoms with E-state index < -0.39 is 41.0 Å². The number of aliphatic carboxylic acids is 1. The van der Waals surface area contributed by atoms with E-state index in [9.17, 15) is 24.7 Å². The molecule has 0 aromatic carbocycles. The molecule has 1 unspecified atom stereocenters. The van der Waals surface area contributed by atoms with Crippen molar-refractivity contribution in [3.63, 3.8) is 0 Å². The molecule has 9 N–H and O–H groups in total. The van der Waals surface area contributed by atoms with Crippen LogP contribution in [0.5, 0.6) is 0 Å². The van der Waals surface area contributed by atoms with Gasteiger partial charge in [0.1, 0.15) is 22.8 Å². The van der Waals surface area contributed by atoms with Gasteiger partial charge in [-0.2, -0.15) is 0 Å². The van der Waals surface area contributed by atoms with E-state index in [0.29, 0.717) is 27.2 Å². The van der Waals surface area contributed by atoms with Crippen LogP contribution in [0.2, 0.25) is 0 Å². The van der Waals surface area contributed by atoms with Crippen molar-refractivity contribution in [1.82, 2.24) is 20.2 Å². The molecule has 1 fully saturated rings. The van der Waals surface area contributed by atoms with Crippen LogP contribution in [0.1, 0.15) is 17.4 Å². The SMILES string of the molecule is Nc1nc(/C(=N/O)C(=O)N[C@@H]2C(=O)N3C(C(=O)O)=C(SCC(N)c4csc(N)n4)CS[C@H]23)cs1. The molecule has 2 aromatic heterocycles. The summed E-state index contributed by atoms with van der Waals surface area (Å²) in [6, 6.07) is -1.45. The van der Waals surface area contributed by atoms with E-state index in [4.69, 9.17) is 17.2 Å². The van der Waals surface area contributed by atoms with Gasteiger partial charge in [0.15, 0.2) is 16.0 Å². The molecule has 0 radical (unpaired) electrons. The number of carbonyl (C=O) groups excluding carboxylic acids is 2. The molecule has 34 heavy (non-hydrogen) atoms. The highest BCUT2D eigenvalue weighted by Gasteiger charge is 2.54. The maximum absolute atomic E-state index is 12.8. The lowest BCUT2D eigenvalue weighted by molar-refractivity contribution is -0.150. The number of thiazole rings is 2. The number of nitrogens with zero attached hydrogens (tertiary/aromatic N) is 4. The molecule has 1 saturated heterocycles. The Bertz CT molecular complexity index is 1210. The van der Waals surface area contributed by atoms with Crippen molar-refractivity contribution in [3.8, 4) is 0 Å². The third kappa shape index (κ3) is 4.56. The first-order chi connectivity index (χ1) is 16.2. The molecule has 0 spiro atoms. The summed E-state index contributed by atoms with van der Waals surface area (Å²) in [7, 11) is 0. The molecule has 2 amide bonds. The second-order valence-corrected chi connectivity index (χ2v) is 11.0. The van der Waals surface area contributed by atoms with E-state index in [1.165, 1.54) is 40.2 Å². The lowest BCUT2D eigenvalue weighted by Gasteiger charge is -2.49. The average molecular weight is 543 g/mol. The Morgan fingerprint density at radius 2 is 2.00 bits per heavy atom. The number of nitrogens with two attached hydrogens (primary N) is 3. The first-order valence-electron chi connectivity index (χ1n) is 9.46. The molecule has 3 atom stereocenters. The fraction of sp³-hybridized carbons (Fsp3) is 0.294. The number of carboxylic acid groups (broad SMARTS) is 1. The van der Waals surface area contributed by atoms with E-state index >= 15 is 0 Å². The zero-order valence-corrected chi connectivity index (χ0v) is 20.3. The van der Waals surface area contributed by atoms with E-state index in [2.05, 4.69) is 20.4 Å². The number of nitrogens with one attached hydrogen (secondary N) is 1. The van der Waals surface area contributed by atoms with Crippen molar-refractivity contribution < 1.29 is 24.7 Å². The first kappa shape index (κ1) is 24.3. The Balaban J connectivity index is 1.45. The Labute approximate surface area is 208 Å². The van der Waals surface area contributed by atoms with Gasteiger partial charge >= 0.3 is 5.97 Å². The molecule has 4 rings (SSSR count). The smallest absolute Gasteiger partial charge is 0.353 e. The zero-order chi connectivity index (χ0) is 24.6. The largest absolute Gasteiger partial charge is 0.477 e. The van der Waals surface area contributed by atoms with Crippen molar-refractivity contribution in [2.24, 2.45) is 10.9 Å². The average Bonchev–Trinajstić information content (AvgIpc) is 3.43. The highest BCUT2D eigenvalue weighted by Crippen LogP contribution is 2.44. The number of carbonyl (C=O) groups is 3. The van der Waals surface area contributed by atoms with Crippen molar-refractivity contribution in [3.05, 3.63) is 32.8 Å². The first-order valence-corrected chi connectivity index (χ1v) is 13.2. The quantitative estimate of drug-likeness (QED) is 0.113. The van der Waals surface area contributed by atoms with Gasteiger partial charge in [0.05, 0.1) is 11.7 Å². The molecule has 17 heteroatoms. The molecular formula is C17H18N8O5S4. The number of fused-ring (bicyclic) bond motifs is 1. The number of hydrogen-bond donors (Lipinski definition) is 6. The summed E-state index contributed by atoms with van der Waals surface area (Å²) in [6.45, 7) is 0. The number of amides is 2. The van der Waals surface area contributed by atoms with Gasteiger partial charge in [-0.15, -0.1) is 46.2 Å². The Morgan fingerprint density at radius 1 is 1.29 bits per heavy atom. The number of thioether (sulfide) groups is 2. The van der Waals surface area contributed by atoms with Gasteiger partial charge in [-0.1, -0.05) is 5.16 Å². The highest BCUT2D eigenvalue weighted by atomic mass is 32.2. The fourth-order valence-electron chi connectivity index (χ4n) is 3.27. The van der Waals surface area contributed by atoms with Crippen LogP contribution in [0, 0.1) is 0 Å². The van der Waals surface area contributed by atoms with Gasteiger partial charge in [-0.3, -0.25) is 14.5 Å². The lowest BCUT2D eigenvalue weighted by Crippen LogP contribution is -2.71. The number of aromatic nitrogens is 2. The summed E-state index contributed by atoms with van der Waals surface area (Å²) >= 11 is 4.86. The highest BCUT2D eigenvalue weighted by molar-refractivity contribution is 8.06. The van der Waals surface area contributed by atoms with Gasteiger partial charge in [-0.25, -0.2) is 14.8 Å². The number of β-lactam (4-membered cyclic amide) rings is 1. The summed E-state index contributed by atoms with van der Waals surface area (Å²) in [5.74, 6) is -2.03. The van der Waals surface area contributed by atoms with Crippen LogP contribution in [-0.2, 0) is 14.4 Å². The van der Waals surface area contributed by atoms with Crippen molar-refractivity contribution in [1.29, 1.82) is 0 Å². The standard InChI is InChI=1S/C17H18N8O5S4/c18-5(6-2-33-16(19)21-6)1-31-8-4-32-14-10(13(27)25(14)11(8)15(28)29)23-12(26)9(24-30)7-3-34-17(20)22-7/h2-3,5,10,14,30H,1,4,18H2,(H2,19,21)(H2,20,22)(H,23,26)(H,28,29)/b24-9-/t5?,10-,14-/m1/s1.